The first-order valence-corrected chi connectivity index (χ1v) is 10.4. The normalized spacial score (nSPS) is 11.4. The van der Waals surface area contributed by atoms with Gasteiger partial charge in [-0.1, -0.05) is 90.5 Å². The van der Waals surface area contributed by atoms with E-state index in [1.54, 1.807) is 12.4 Å². The number of amides is 1. The first-order chi connectivity index (χ1) is 12.2. The van der Waals surface area contributed by atoms with Crippen molar-refractivity contribution in [1.29, 1.82) is 0 Å². The summed E-state index contributed by atoms with van der Waals surface area (Å²) in [6.45, 7) is 4.42. The van der Waals surface area contributed by atoms with E-state index in [4.69, 9.17) is 5.73 Å². The molecule has 0 saturated heterocycles. The average Bonchev–Trinajstić information content (AvgIpc) is 2.64. The van der Waals surface area contributed by atoms with E-state index >= 15 is 0 Å². The minimum Gasteiger partial charge on any atom is -0.369 e. The Morgan fingerprint density at radius 2 is 1.24 bits per heavy atom. The van der Waals surface area contributed by atoms with Crippen molar-refractivity contribution in [2.75, 3.05) is 0 Å². The first kappa shape index (κ1) is 23.6. The van der Waals surface area contributed by atoms with Crippen LogP contribution in [-0.2, 0) is 4.79 Å². The molecule has 0 aliphatic heterocycles. The van der Waals surface area contributed by atoms with Gasteiger partial charge in [0.15, 0.2) is 0 Å². The number of unbranched alkanes of at least 4 members (excludes halogenated alkanes) is 9. The Hall–Kier alpha value is -1.38. The lowest BCUT2D eigenvalue weighted by Gasteiger charge is -2.12. The van der Waals surface area contributed by atoms with Crippen molar-refractivity contribution >= 4 is 5.91 Å². The van der Waals surface area contributed by atoms with E-state index in [1.165, 1.54) is 57.8 Å². The molecule has 0 fully saturated rings. The standard InChI is InChI=1S/C17H35NO.C5H5N/c1-3-5-7-8-9-10-11-12-13-15-16(17(18)19)14-6-4-2;1-2-4-6-5-3-1/h16H,3-15H2,1-2H3,(H2,18,19);1-5H. The van der Waals surface area contributed by atoms with Crippen LogP contribution in [0.25, 0.3) is 0 Å². The highest BCUT2D eigenvalue weighted by Gasteiger charge is 2.13. The molecule has 3 heteroatoms. The largest absolute Gasteiger partial charge is 0.369 e. The number of hydrogen-bond acceptors (Lipinski definition) is 2. The minimum absolute atomic E-state index is 0.0898. The first-order valence-electron chi connectivity index (χ1n) is 10.4. The molecule has 1 aromatic rings. The summed E-state index contributed by atoms with van der Waals surface area (Å²) < 4.78 is 0. The van der Waals surface area contributed by atoms with Crippen molar-refractivity contribution in [2.24, 2.45) is 11.7 Å². The Kier molecular flexibility index (Phi) is 17.9. The van der Waals surface area contributed by atoms with Gasteiger partial charge in [-0.3, -0.25) is 9.78 Å². The predicted octanol–water partition coefficient (Wildman–Crippen LogP) is 6.28. The van der Waals surface area contributed by atoms with Crippen molar-refractivity contribution in [2.45, 2.75) is 97.3 Å². The summed E-state index contributed by atoms with van der Waals surface area (Å²) in [6, 6.07) is 5.72. The second-order valence-corrected chi connectivity index (χ2v) is 6.88. The highest BCUT2D eigenvalue weighted by molar-refractivity contribution is 5.76. The van der Waals surface area contributed by atoms with Gasteiger partial charge in [0.05, 0.1) is 0 Å². The Bertz CT molecular complexity index is 354. The van der Waals surface area contributed by atoms with Crippen LogP contribution < -0.4 is 5.73 Å². The summed E-state index contributed by atoms with van der Waals surface area (Å²) in [6.07, 6.45) is 19.8. The number of nitrogens with two attached hydrogens (primary N) is 1. The van der Waals surface area contributed by atoms with Crippen LogP contribution in [0.1, 0.15) is 97.3 Å². The third-order valence-corrected chi connectivity index (χ3v) is 4.53. The second kappa shape index (κ2) is 19.0. The van der Waals surface area contributed by atoms with Crippen LogP contribution in [0.15, 0.2) is 30.6 Å². The van der Waals surface area contributed by atoms with Crippen LogP contribution in [0.3, 0.4) is 0 Å². The number of nitrogens with zero attached hydrogens (tertiary/aromatic N) is 1. The van der Waals surface area contributed by atoms with Crippen LogP contribution >= 0.6 is 0 Å². The van der Waals surface area contributed by atoms with Crippen LogP contribution in [0, 0.1) is 5.92 Å². The fourth-order valence-electron chi connectivity index (χ4n) is 2.89. The van der Waals surface area contributed by atoms with Gasteiger partial charge < -0.3 is 5.73 Å². The van der Waals surface area contributed by atoms with Gasteiger partial charge in [0, 0.05) is 18.3 Å². The topological polar surface area (TPSA) is 56.0 Å². The van der Waals surface area contributed by atoms with E-state index in [0.717, 1.165) is 25.7 Å². The molecule has 0 spiro atoms. The average molecular weight is 349 g/mol. The Morgan fingerprint density at radius 3 is 1.64 bits per heavy atom. The molecule has 144 valence electrons. The van der Waals surface area contributed by atoms with E-state index in [-0.39, 0.29) is 11.8 Å². The number of aromatic nitrogens is 1. The molecule has 1 atom stereocenters. The van der Waals surface area contributed by atoms with Crippen LogP contribution in [0.2, 0.25) is 0 Å². The van der Waals surface area contributed by atoms with Gasteiger partial charge in [-0.05, 0) is 25.0 Å². The fourth-order valence-corrected chi connectivity index (χ4v) is 2.89. The summed E-state index contributed by atoms with van der Waals surface area (Å²) in [5, 5.41) is 0. The van der Waals surface area contributed by atoms with Crippen molar-refractivity contribution in [3.63, 3.8) is 0 Å². The van der Waals surface area contributed by atoms with Gasteiger partial charge in [-0.2, -0.15) is 0 Å². The highest BCUT2D eigenvalue weighted by atomic mass is 16.1. The predicted molar refractivity (Wildman–Crippen MR) is 108 cm³/mol. The van der Waals surface area contributed by atoms with Crippen molar-refractivity contribution in [1.82, 2.24) is 4.98 Å². The van der Waals surface area contributed by atoms with Gasteiger partial charge in [0.2, 0.25) is 5.91 Å². The Labute approximate surface area is 155 Å². The molecule has 3 nitrogen and oxygen atoms in total. The highest BCUT2D eigenvalue weighted by Crippen LogP contribution is 2.17. The van der Waals surface area contributed by atoms with Crippen LogP contribution in [-0.4, -0.2) is 10.9 Å². The van der Waals surface area contributed by atoms with E-state index in [9.17, 15) is 4.79 Å². The number of hydrogen-bond donors (Lipinski definition) is 1. The van der Waals surface area contributed by atoms with Gasteiger partial charge in [-0.15, -0.1) is 0 Å². The zero-order valence-electron chi connectivity index (χ0n) is 16.6. The number of rotatable bonds is 14. The molecule has 0 aliphatic rings. The van der Waals surface area contributed by atoms with Gasteiger partial charge in [0.1, 0.15) is 0 Å². The molecular weight excluding hydrogens is 308 g/mol. The Balaban J connectivity index is 0.000000796. The molecule has 0 aliphatic carbocycles. The maximum Gasteiger partial charge on any atom is 0.220 e. The Morgan fingerprint density at radius 1 is 0.760 bits per heavy atom. The minimum atomic E-state index is -0.0898. The number of pyridine rings is 1. The molecule has 0 aromatic carbocycles. The summed E-state index contributed by atoms with van der Waals surface area (Å²) in [5.41, 5.74) is 5.45. The second-order valence-electron chi connectivity index (χ2n) is 6.88. The van der Waals surface area contributed by atoms with Crippen molar-refractivity contribution in [3.8, 4) is 0 Å². The van der Waals surface area contributed by atoms with Crippen LogP contribution in [0.4, 0.5) is 0 Å². The SMILES string of the molecule is CCCCCCCCCCCC(CCCC)C(N)=O.c1ccncc1. The number of carbonyl (C=O) groups is 1. The maximum absolute atomic E-state index is 11.3. The molecular formula is C22H40N2O. The molecule has 25 heavy (non-hydrogen) atoms. The molecule has 1 unspecified atom stereocenters. The summed E-state index contributed by atoms with van der Waals surface area (Å²) in [5.74, 6) is 0.0394. The molecule has 1 amide bonds. The molecule has 1 heterocycles. The van der Waals surface area contributed by atoms with Crippen molar-refractivity contribution < 1.29 is 4.79 Å². The molecule has 1 aromatic heterocycles. The third-order valence-electron chi connectivity index (χ3n) is 4.53. The number of carbonyl (C=O) groups excluding carboxylic acids is 1. The zero-order chi connectivity index (χ0) is 18.6. The smallest absolute Gasteiger partial charge is 0.220 e. The van der Waals surface area contributed by atoms with E-state index in [0.29, 0.717) is 0 Å². The summed E-state index contributed by atoms with van der Waals surface area (Å²) >= 11 is 0. The van der Waals surface area contributed by atoms with E-state index < -0.39 is 0 Å². The molecule has 2 N–H and O–H groups in total. The zero-order valence-corrected chi connectivity index (χ0v) is 16.6. The quantitative estimate of drug-likeness (QED) is 0.402. The maximum atomic E-state index is 11.3. The lowest BCUT2D eigenvalue weighted by Crippen LogP contribution is -2.23. The molecule has 0 radical (unpaired) electrons. The third kappa shape index (κ3) is 17.2. The van der Waals surface area contributed by atoms with Gasteiger partial charge >= 0.3 is 0 Å². The van der Waals surface area contributed by atoms with Gasteiger partial charge in [-0.25, -0.2) is 0 Å². The summed E-state index contributed by atoms with van der Waals surface area (Å²) in [4.78, 5) is 15.1. The van der Waals surface area contributed by atoms with Crippen LogP contribution in [0.5, 0.6) is 0 Å². The lowest BCUT2D eigenvalue weighted by atomic mass is 9.94. The molecule has 0 saturated carbocycles. The van der Waals surface area contributed by atoms with Crippen molar-refractivity contribution in [3.05, 3.63) is 30.6 Å². The molecule has 1 rings (SSSR count). The molecule has 0 bridgehead atoms. The van der Waals surface area contributed by atoms with E-state index in [1.807, 2.05) is 18.2 Å². The summed E-state index contributed by atoms with van der Waals surface area (Å²) in [7, 11) is 0. The van der Waals surface area contributed by atoms with E-state index in [2.05, 4.69) is 18.8 Å². The number of primary amides is 1. The van der Waals surface area contributed by atoms with Gasteiger partial charge in [0.25, 0.3) is 0 Å². The lowest BCUT2D eigenvalue weighted by molar-refractivity contribution is -0.122. The fraction of sp³-hybridized carbons (Fsp3) is 0.727. The monoisotopic (exact) mass is 348 g/mol.